The van der Waals surface area contributed by atoms with Crippen molar-refractivity contribution in [3.63, 3.8) is 0 Å². The highest BCUT2D eigenvalue weighted by Crippen LogP contribution is 2.40. The molecule has 2 nitrogen and oxygen atoms in total. The number of benzene rings is 2. The lowest BCUT2D eigenvalue weighted by molar-refractivity contribution is 0.00578. The summed E-state index contributed by atoms with van der Waals surface area (Å²) >= 11 is 0. The Kier molecular flexibility index (Phi) is 3.95. The Bertz CT molecular complexity index is 686. The van der Waals surface area contributed by atoms with Gasteiger partial charge in [0.1, 0.15) is 0 Å². The fourth-order valence-corrected chi connectivity index (χ4v) is 2.63. The quantitative estimate of drug-likeness (QED) is 0.743. The number of hydrogen-bond acceptors (Lipinski definition) is 2. The molecular formula is C20H23BO2. The highest BCUT2D eigenvalue weighted by molar-refractivity contribution is 6.68. The molecule has 2 aromatic rings. The van der Waals surface area contributed by atoms with Crippen LogP contribution in [0, 0.1) is 0 Å². The van der Waals surface area contributed by atoms with E-state index in [1.54, 1.807) is 0 Å². The first-order chi connectivity index (χ1) is 10.8. The van der Waals surface area contributed by atoms with Crippen molar-refractivity contribution in [3.05, 3.63) is 66.7 Å². The molecule has 1 fully saturated rings. The maximum Gasteiger partial charge on any atom is 0.494 e. The number of rotatable bonds is 3. The van der Waals surface area contributed by atoms with Gasteiger partial charge in [0.05, 0.1) is 11.2 Å². The molecule has 118 valence electrons. The Morgan fingerprint density at radius 1 is 0.783 bits per heavy atom. The van der Waals surface area contributed by atoms with Gasteiger partial charge in [-0.2, -0.15) is 0 Å². The fourth-order valence-electron chi connectivity index (χ4n) is 2.63. The van der Waals surface area contributed by atoms with E-state index in [1.807, 2.05) is 18.2 Å². The lowest BCUT2D eigenvalue weighted by Crippen LogP contribution is -2.41. The first-order valence-electron chi connectivity index (χ1n) is 8.00. The Hall–Kier alpha value is -1.84. The van der Waals surface area contributed by atoms with Gasteiger partial charge in [-0.25, -0.2) is 0 Å². The van der Waals surface area contributed by atoms with E-state index < -0.39 is 7.12 Å². The zero-order valence-electron chi connectivity index (χ0n) is 14.3. The highest BCUT2D eigenvalue weighted by Gasteiger charge is 2.52. The molecule has 3 heteroatoms. The van der Waals surface area contributed by atoms with Crippen molar-refractivity contribution in [2.45, 2.75) is 38.9 Å². The molecule has 1 aliphatic rings. The lowest BCUT2D eigenvalue weighted by atomic mass is 9.75. The second-order valence-corrected chi connectivity index (χ2v) is 7.06. The van der Waals surface area contributed by atoms with Gasteiger partial charge in [-0.05, 0) is 49.9 Å². The van der Waals surface area contributed by atoms with Gasteiger partial charge in [0, 0.05) is 0 Å². The third kappa shape index (κ3) is 2.99. The first kappa shape index (κ1) is 16.0. The van der Waals surface area contributed by atoms with Crippen LogP contribution < -0.4 is 0 Å². The molecule has 1 heterocycles. The summed E-state index contributed by atoms with van der Waals surface area (Å²) in [5, 5.41) is 0. The van der Waals surface area contributed by atoms with Gasteiger partial charge in [-0.1, -0.05) is 61.2 Å². The summed E-state index contributed by atoms with van der Waals surface area (Å²) in [6, 6.07) is 18.7. The molecule has 0 unspecified atom stereocenters. The molecule has 0 N–H and O–H groups in total. The maximum atomic E-state index is 6.07. The van der Waals surface area contributed by atoms with Gasteiger partial charge in [0.2, 0.25) is 0 Å². The smallest absolute Gasteiger partial charge is 0.399 e. The molecule has 0 amide bonds. The summed E-state index contributed by atoms with van der Waals surface area (Å²) < 4.78 is 12.1. The van der Waals surface area contributed by atoms with Crippen LogP contribution in [0.25, 0.3) is 16.6 Å². The average Bonchev–Trinajstić information content (AvgIpc) is 2.76. The summed E-state index contributed by atoms with van der Waals surface area (Å²) in [7, 11) is -0.400. The van der Waals surface area contributed by atoms with E-state index in [0.29, 0.717) is 0 Å². The summed E-state index contributed by atoms with van der Waals surface area (Å²) in [4.78, 5) is 0. The van der Waals surface area contributed by atoms with Crippen molar-refractivity contribution in [3.8, 4) is 11.1 Å². The van der Waals surface area contributed by atoms with Crippen LogP contribution >= 0.6 is 0 Å². The van der Waals surface area contributed by atoms with Crippen LogP contribution in [0.15, 0.2) is 61.2 Å². The molecule has 0 spiro atoms. The van der Waals surface area contributed by atoms with E-state index in [4.69, 9.17) is 9.31 Å². The van der Waals surface area contributed by atoms with E-state index in [-0.39, 0.29) is 11.2 Å². The Morgan fingerprint density at radius 3 is 1.78 bits per heavy atom. The van der Waals surface area contributed by atoms with Gasteiger partial charge in [0.15, 0.2) is 0 Å². The predicted octanol–water partition coefficient (Wildman–Crippen LogP) is 5.00. The molecule has 1 aliphatic heterocycles. The molecule has 0 radical (unpaired) electrons. The van der Waals surface area contributed by atoms with Crippen LogP contribution in [0.2, 0.25) is 0 Å². The molecule has 0 aliphatic carbocycles. The molecular weight excluding hydrogens is 283 g/mol. The molecule has 2 aromatic carbocycles. The normalized spacial score (nSPS) is 18.9. The standard InChI is InChI=1S/C20H23BO2/c1-15(21-22-19(2,3)20(4,5)23-21)16-11-13-18(14-12-16)17-9-7-6-8-10-17/h6-14H,1H2,2-5H3. The minimum Gasteiger partial charge on any atom is -0.399 e. The SMILES string of the molecule is C=C(B1OC(C)(C)C(C)(C)O1)c1ccc(-c2ccccc2)cc1. The van der Waals surface area contributed by atoms with Crippen LogP contribution in [-0.2, 0) is 9.31 Å². The Labute approximate surface area is 139 Å². The van der Waals surface area contributed by atoms with E-state index in [9.17, 15) is 0 Å². The van der Waals surface area contributed by atoms with Gasteiger partial charge in [-0.3, -0.25) is 0 Å². The van der Waals surface area contributed by atoms with Gasteiger partial charge in [0.25, 0.3) is 0 Å². The minimum atomic E-state index is -0.400. The summed E-state index contributed by atoms with van der Waals surface area (Å²) in [5.41, 5.74) is 3.62. The summed E-state index contributed by atoms with van der Waals surface area (Å²) in [6.45, 7) is 12.4. The van der Waals surface area contributed by atoms with Crippen LogP contribution in [0.1, 0.15) is 33.3 Å². The molecule has 23 heavy (non-hydrogen) atoms. The van der Waals surface area contributed by atoms with Crippen molar-refractivity contribution in [1.29, 1.82) is 0 Å². The monoisotopic (exact) mass is 306 g/mol. The third-order valence-electron chi connectivity index (χ3n) is 4.90. The molecule has 0 atom stereocenters. The van der Waals surface area contributed by atoms with E-state index in [1.165, 1.54) is 11.1 Å². The second kappa shape index (κ2) is 5.66. The molecule has 3 rings (SSSR count). The van der Waals surface area contributed by atoms with Gasteiger partial charge in [-0.15, -0.1) is 0 Å². The molecule has 0 aromatic heterocycles. The minimum absolute atomic E-state index is 0.343. The molecule has 0 saturated carbocycles. The zero-order valence-corrected chi connectivity index (χ0v) is 14.3. The summed E-state index contributed by atoms with van der Waals surface area (Å²) in [5.74, 6) is 0. The van der Waals surface area contributed by atoms with Crippen molar-refractivity contribution in [2.75, 3.05) is 0 Å². The van der Waals surface area contributed by atoms with Crippen molar-refractivity contribution in [1.82, 2.24) is 0 Å². The zero-order chi connectivity index (χ0) is 16.7. The Balaban J connectivity index is 1.79. The molecule has 1 saturated heterocycles. The topological polar surface area (TPSA) is 18.5 Å². The van der Waals surface area contributed by atoms with Crippen LogP contribution in [0.3, 0.4) is 0 Å². The van der Waals surface area contributed by atoms with Crippen LogP contribution in [0.4, 0.5) is 0 Å². The maximum absolute atomic E-state index is 6.07. The van der Waals surface area contributed by atoms with Crippen molar-refractivity contribution < 1.29 is 9.31 Å². The highest BCUT2D eigenvalue weighted by atomic mass is 16.7. The van der Waals surface area contributed by atoms with Crippen molar-refractivity contribution >= 4 is 12.6 Å². The second-order valence-electron chi connectivity index (χ2n) is 7.06. The van der Waals surface area contributed by atoms with E-state index in [2.05, 4.69) is 70.7 Å². The van der Waals surface area contributed by atoms with Crippen molar-refractivity contribution in [2.24, 2.45) is 0 Å². The van der Waals surface area contributed by atoms with Gasteiger partial charge >= 0.3 is 7.12 Å². The first-order valence-corrected chi connectivity index (χ1v) is 8.00. The molecule has 0 bridgehead atoms. The summed E-state index contributed by atoms with van der Waals surface area (Å²) in [6.07, 6.45) is 0. The van der Waals surface area contributed by atoms with Crippen LogP contribution in [-0.4, -0.2) is 18.3 Å². The fraction of sp³-hybridized carbons (Fsp3) is 0.300. The van der Waals surface area contributed by atoms with Gasteiger partial charge < -0.3 is 9.31 Å². The average molecular weight is 306 g/mol. The number of hydrogen-bond donors (Lipinski definition) is 0. The lowest BCUT2D eigenvalue weighted by Gasteiger charge is -2.32. The Morgan fingerprint density at radius 2 is 1.26 bits per heavy atom. The van der Waals surface area contributed by atoms with Crippen LogP contribution in [0.5, 0.6) is 0 Å². The van der Waals surface area contributed by atoms with E-state index in [0.717, 1.165) is 11.0 Å². The van der Waals surface area contributed by atoms with E-state index >= 15 is 0 Å². The largest absolute Gasteiger partial charge is 0.494 e. The predicted molar refractivity (Wildman–Crippen MR) is 97.0 cm³/mol. The third-order valence-corrected chi connectivity index (χ3v) is 4.90.